The van der Waals surface area contributed by atoms with Crippen LogP contribution >= 0.6 is 50.6 Å². The van der Waals surface area contributed by atoms with Crippen LogP contribution in [0.5, 0.6) is 0 Å². The highest BCUT2D eigenvalue weighted by molar-refractivity contribution is 9.11. The summed E-state index contributed by atoms with van der Waals surface area (Å²) in [5, 5.41) is 0.395. The molecule has 0 bridgehead atoms. The van der Waals surface area contributed by atoms with Crippen LogP contribution in [0.1, 0.15) is 6.92 Å². The lowest BCUT2D eigenvalue weighted by molar-refractivity contribution is 0.603. The van der Waals surface area contributed by atoms with Gasteiger partial charge in [-0.15, -0.1) is 23.1 Å². The predicted molar refractivity (Wildman–Crippen MR) is 90.7 cm³/mol. The minimum Gasteiger partial charge on any atom is -0.278 e. The van der Waals surface area contributed by atoms with Gasteiger partial charge in [-0.3, -0.25) is 4.72 Å². The number of hydrogen-bond acceptors (Lipinski definition) is 4. The Balaban J connectivity index is 2.33. The van der Waals surface area contributed by atoms with Crippen molar-refractivity contribution >= 4 is 66.3 Å². The second-order valence-electron chi connectivity index (χ2n) is 3.72. The Morgan fingerprint density at radius 1 is 1.40 bits per heavy atom. The molecule has 0 fully saturated rings. The normalized spacial score (nSPS) is 11.6. The molecule has 0 atom stereocenters. The molecule has 20 heavy (non-hydrogen) atoms. The van der Waals surface area contributed by atoms with Crippen LogP contribution in [-0.4, -0.2) is 14.2 Å². The first-order valence-corrected chi connectivity index (χ1v) is 10.1. The number of thiophene rings is 1. The zero-order valence-electron chi connectivity index (χ0n) is 10.4. The number of thioether (sulfide) groups is 1. The molecule has 1 N–H and O–H groups in total. The summed E-state index contributed by atoms with van der Waals surface area (Å²) in [5.41, 5.74) is 0.583. The van der Waals surface area contributed by atoms with Gasteiger partial charge in [0.05, 0.1) is 14.5 Å². The number of benzene rings is 1. The van der Waals surface area contributed by atoms with E-state index in [1.54, 1.807) is 23.9 Å². The van der Waals surface area contributed by atoms with Gasteiger partial charge < -0.3 is 0 Å². The number of rotatable bonds is 5. The summed E-state index contributed by atoms with van der Waals surface area (Å²) in [6.45, 7) is 2.02. The van der Waals surface area contributed by atoms with E-state index in [0.29, 0.717) is 14.5 Å². The van der Waals surface area contributed by atoms with Crippen molar-refractivity contribution in [1.82, 2.24) is 0 Å². The monoisotopic (exact) mass is 411 g/mol. The van der Waals surface area contributed by atoms with E-state index in [2.05, 4.69) is 20.7 Å². The third kappa shape index (κ3) is 3.71. The first-order valence-electron chi connectivity index (χ1n) is 5.63. The van der Waals surface area contributed by atoms with E-state index >= 15 is 0 Å². The number of halogens is 2. The molecule has 108 valence electrons. The van der Waals surface area contributed by atoms with Crippen molar-refractivity contribution in [2.75, 3.05) is 10.5 Å². The molecule has 0 spiro atoms. The standard InChI is InChI=1S/C12H11BrClNO2S3/c1-2-18-10-6-4-3-5-9(10)15-20(16,17)11-7-8(14)12(13)19-11/h3-7,15H,2H2,1H3. The average Bonchev–Trinajstić information content (AvgIpc) is 2.73. The van der Waals surface area contributed by atoms with E-state index < -0.39 is 10.0 Å². The molecule has 0 aliphatic rings. The van der Waals surface area contributed by atoms with Gasteiger partial charge in [0.25, 0.3) is 10.0 Å². The second-order valence-corrected chi connectivity index (χ2v) is 9.71. The van der Waals surface area contributed by atoms with Crippen LogP contribution in [0.2, 0.25) is 5.02 Å². The molecular weight excluding hydrogens is 402 g/mol. The molecule has 0 aliphatic carbocycles. The molecule has 0 radical (unpaired) electrons. The molecule has 0 unspecified atom stereocenters. The molecule has 2 rings (SSSR count). The summed E-state index contributed by atoms with van der Waals surface area (Å²) in [4.78, 5) is 0.903. The quantitative estimate of drug-likeness (QED) is 0.697. The van der Waals surface area contributed by atoms with Gasteiger partial charge in [0, 0.05) is 4.90 Å². The third-order valence-electron chi connectivity index (χ3n) is 2.32. The molecular formula is C12H11BrClNO2S3. The summed E-state index contributed by atoms with van der Waals surface area (Å²) >= 11 is 11.8. The molecule has 0 saturated heterocycles. The Labute approximate surface area is 139 Å². The van der Waals surface area contributed by atoms with Crippen LogP contribution in [0.4, 0.5) is 5.69 Å². The van der Waals surface area contributed by atoms with Gasteiger partial charge in [-0.25, -0.2) is 8.42 Å². The summed E-state index contributed by atoms with van der Waals surface area (Å²) in [6.07, 6.45) is 0. The SMILES string of the molecule is CCSc1ccccc1NS(=O)(=O)c1cc(Cl)c(Br)s1. The van der Waals surface area contributed by atoms with Crippen LogP contribution in [0.25, 0.3) is 0 Å². The Kier molecular flexibility index (Phi) is 5.42. The molecule has 8 heteroatoms. The van der Waals surface area contributed by atoms with Crippen LogP contribution in [0.15, 0.2) is 43.2 Å². The smallest absolute Gasteiger partial charge is 0.271 e. The zero-order valence-corrected chi connectivity index (χ0v) is 15.2. The van der Waals surface area contributed by atoms with E-state index in [1.165, 1.54) is 6.07 Å². The van der Waals surface area contributed by atoms with Crippen LogP contribution in [-0.2, 0) is 10.0 Å². The van der Waals surface area contributed by atoms with Crippen molar-refractivity contribution in [3.05, 3.63) is 39.1 Å². The molecule has 1 aromatic carbocycles. The number of anilines is 1. The maximum Gasteiger partial charge on any atom is 0.271 e. The summed E-state index contributed by atoms with van der Waals surface area (Å²) < 4.78 is 28.1. The fraction of sp³-hybridized carbons (Fsp3) is 0.167. The summed E-state index contributed by atoms with van der Waals surface area (Å²) in [7, 11) is -3.62. The fourth-order valence-corrected chi connectivity index (χ4v) is 5.79. The maximum absolute atomic E-state index is 12.3. The van der Waals surface area contributed by atoms with Gasteiger partial charge in [0.1, 0.15) is 4.21 Å². The molecule has 0 saturated carbocycles. The highest BCUT2D eigenvalue weighted by Gasteiger charge is 2.20. The van der Waals surface area contributed by atoms with E-state index in [1.807, 2.05) is 19.1 Å². The third-order valence-corrected chi connectivity index (χ3v) is 7.59. The Morgan fingerprint density at radius 2 is 2.10 bits per heavy atom. The van der Waals surface area contributed by atoms with Crippen LogP contribution in [0.3, 0.4) is 0 Å². The molecule has 1 heterocycles. The zero-order chi connectivity index (χ0) is 14.8. The number of para-hydroxylation sites is 1. The van der Waals surface area contributed by atoms with E-state index in [9.17, 15) is 8.42 Å². The molecule has 0 aliphatic heterocycles. The Morgan fingerprint density at radius 3 is 2.70 bits per heavy atom. The van der Waals surface area contributed by atoms with Crippen molar-refractivity contribution in [1.29, 1.82) is 0 Å². The highest BCUT2D eigenvalue weighted by Crippen LogP contribution is 2.36. The lowest BCUT2D eigenvalue weighted by Crippen LogP contribution is -2.12. The van der Waals surface area contributed by atoms with Crippen molar-refractivity contribution in [2.24, 2.45) is 0 Å². The number of nitrogens with one attached hydrogen (secondary N) is 1. The molecule has 0 amide bonds. The first kappa shape index (κ1) is 16.2. The van der Waals surface area contributed by atoms with Crippen LogP contribution in [0, 0.1) is 0 Å². The van der Waals surface area contributed by atoms with E-state index in [4.69, 9.17) is 11.6 Å². The predicted octanol–water partition coefficient (Wildman–Crippen LogP) is 5.08. The van der Waals surface area contributed by atoms with Gasteiger partial charge in [-0.05, 0) is 39.9 Å². The minimum absolute atomic E-state index is 0.186. The lowest BCUT2D eigenvalue weighted by Gasteiger charge is -2.10. The molecule has 2 aromatic rings. The molecule has 1 aromatic heterocycles. The number of sulfonamides is 1. The molecule has 3 nitrogen and oxygen atoms in total. The maximum atomic E-state index is 12.3. The second kappa shape index (κ2) is 6.70. The number of hydrogen-bond donors (Lipinski definition) is 1. The minimum atomic E-state index is -3.62. The van der Waals surface area contributed by atoms with Crippen molar-refractivity contribution in [3.63, 3.8) is 0 Å². The Hall–Kier alpha value is -0.210. The van der Waals surface area contributed by atoms with Gasteiger partial charge >= 0.3 is 0 Å². The van der Waals surface area contributed by atoms with Gasteiger partial charge in [0.2, 0.25) is 0 Å². The lowest BCUT2D eigenvalue weighted by atomic mass is 10.3. The van der Waals surface area contributed by atoms with E-state index in [0.717, 1.165) is 22.0 Å². The topological polar surface area (TPSA) is 46.2 Å². The van der Waals surface area contributed by atoms with Gasteiger partial charge in [-0.1, -0.05) is 30.7 Å². The first-order chi connectivity index (χ1) is 9.44. The fourth-order valence-electron chi connectivity index (χ4n) is 1.49. The largest absolute Gasteiger partial charge is 0.278 e. The van der Waals surface area contributed by atoms with E-state index in [-0.39, 0.29) is 4.21 Å². The summed E-state index contributed by atoms with van der Waals surface area (Å²) in [5.74, 6) is 0.870. The van der Waals surface area contributed by atoms with Crippen molar-refractivity contribution < 1.29 is 8.42 Å². The van der Waals surface area contributed by atoms with Crippen LogP contribution < -0.4 is 4.72 Å². The average molecular weight is 413 g/mol. The Bertz CT molecular complexity index is 696. The van der Waals surface area contributed by atoms with Gasteiger partial charge in [0.15, 0.2) is 0 Å². The van der Waals surface area contributed by atoms with Gasteiger partial charge in [-0.2, -0.15) is 0 Å². The van der Waals surface area contributed by atoms with Crippen molar-refractivity contribution in [2.45, 2.75) is 16.0 Å². The van der Waals surface area contributed by atoms with Crippen molar-refractivity contribution in [3.8, 4) is 0 Å². The highest BCUT2D eigenvalue weighted by atomic mass is 79.9. The summed E-state index contributed by atoms with van der Waals surface area (Å²) in [6, 6.07) is 8.76.